The van der Waals surface area contributed by atoms with Gasteiger partial charge in [-0.3, -0.25) is 14.3 Å². The van der Waals surface area contributed by atoms with E-state index in [-0.39, 0.29) is 5.91 Å². The molecule has 0 bridgehead atoms. The Hall–Kier alpha value is -4.12. The van der Waals surface area contributed by atoms with Gasteiger partial charge in [0.2, 0.25) is 5.91 Å². The zero-order chi connectivity index (χ0) is 29.3. The van der Waals surface area contributed by atoms with Crippen LogP contribution in [0.15, 0.2) is 61.3 Å². The summed E-state index contributed by atoms with van der Waals surface area (Å²) in [6.45, 7) is 9.26. The molecule has 2 aliphatic heterocycles. The molecule has 43 heavy (non-hydrogen) atoms. The van der Waals surface area contributed by atoms with Gasteiger partial charge < -0.3 is 20.7 Å². The topological polar surface area (TPSA) is 114 Å². The van der Waals surface area contributed by atoms with Crippen molar-refractivity contribution in [3.05, 3.63) is 78.1 Å². The summed E-state index contributed by atoms with van der Waals surface area (Å²) in [4.78, 5) is 30.8. The Balaban J connectivity index is 1.20. The number of benzene rings is 1. The summed E-state index contributed by atoms with van der Waals surface area (Å²) >= 11 is 0. The van der Waals surface area contributed by atoms with Crippen LogP contribution in [0.4, 0.5) is 5.82 Å². The number of hydrogen-bond acceptors (Lipinski definition) is 8. The van der Waals surface area contributed by atoms with Crippen LogP contribution < -0.4 is 11.1 Å². The molecular formula is C33H38N8O2. The van der Waals surface area contributed by atoms with Crippen molar-refractivity contribution in [2.75, 3.05) is 45.1 Å². The predicted octanol–water partition coefficient (Wildman–Crippen LogP) is 3.65. The van der Waals surface area contributed by atoms with E-state index in [1.54, 1.807) is 6.20 Å². The number of aryl methyl sites for hydroxylation is 1. The van der Waals surface area contributed by atoms with Crippen LogP contribution in [0.5, 0.6) is 0 Å². The van der Waals surface area contributed by atoms with Crippen molar-refractivity contribution < 1.29 is 9.53 Å². The Kier molecular flexibility index (Phi) is 7.65. The standard InChI is InChI=1S/C33H38N8O2/c1-2-30(42)40-14-11-23(12-15-40)36-28-9-5-22-20-25(7-8-26(22)28)41-32(27-4-3-13-35-31(27)34)38-29-10-6-24(37-33(29)41)21-39-16-18-43-19-17-39/h2-4,6-8,10,13,20,23,28,36H,1,5,9,11-12,14-19,21H2,(H2,34,35)/t28-/m0/s1. The van der Waals surface area contributed by atoms with Crippen LogP contribution in [0, 0.1) is 0 Å². The molecule has 0 spiro atoms. The largest absolute Gasteiger partial charge is 0.383 e. The van der Waals surface area contributed by atoms with Gasteiger partial charge in [-0.15, -0.1) is 0 Å². The quantitative estimate of drug-likeness (QED) is 0.320. The Morgan fingerprint density at radius 2 is 1.91 bits per heavy atom. The molecule has 1 aromatic carbocycles. The number of rotatable bonds is 7. The number of likely N-dealkylation sites (tertiary alicyclic amines) is 1. The lowest BCUT2D eigenvalue weighted by atomic mass is 10.0. The van der Waals surface area contributed by atoms with E-state index in [4.69, 9.17) is 20.4 Å². The third kappa shape index (κ3) is 5.53. The summed E-state index contributed by atoms with van der Waals surface area (Å²) < 4.78 is 7.67. The van der Waals surface area contributed by atoms with E-state index < -0.39 is 0 Å². The highest BCUT2D eigenvalue weighted by Crippen LogP contribution is 2.36. The molecule has 2 fully saturated rings. The Morgan fingerprint density at radius 1 is 1.07 bits per heavy atom. The van der Waals surface area contributed by atoms with Crippen molar-refractivity contribution in [3.63, 3.8) is 0 Å². The van der Waals surface area contributed by atoms with E-state index in [1.165, 1.54) is 17.2 Å². The van der Waals surface area contributed by atoms with Gasteiger partial charge in [-0.25, -0.2) is 15.0 Å². The van der Waals surface area contributed by atoms with E-state index in [9.17, 15) is 4.79 Å². The molecule has 2 saturated heterocycles. The van der Waals surface area contributed by atoms with Crippen molar-refractivity contribution in [2.24, 2.45) is 0 Å². The van der Waals surface area contributed by atoms with Gasteiger partial charge in [0.25, 0.3) is 0 Å². The third-order valence-corrected chi connectivity index (χ3v) is 9.01. The molecule has 10 heteroatoms. The van der Waals surface area contributed by atoms with Crippen LogP contribution in [0.2, 0.25) is 0 Å². The smallest absolute Gasteiger partial charge is 0.245 e. The maximum atomic E-state index is 12.0. The normalized spacial score (nSPS) is 19.5. The van der Waals surface area contributed by atoms with Crippen molar-refractivity contribution in [1.82, 2.24) is 34.6 Å². The number of ether oxygens (including phenoxy) is 1. The molecule has 4 aromatic rings. The van der Waals surface area contributed by atoms with Gasteiger partial charge in [-0.05, 0) is 79.3 Å². The van der Waals surface area contributed by atoms with Gasteiger partial charge >= 0.3 is 0 Å². The molecule has 1 atom stereocenters. The first kappa shape index (κ1) is 27.7. The molecule has 0 saturated carbocycles. The first-order valence-corrected chi connectivity index (χ1v) is 15.3. The van der Waals surface area contributed by atoms with E-state index in [0.717, 1.165) is 106 Å². The number of morpholine rings is 1. The summed E-state index contributed by atoms with van der Waals surface area (Å²) in [6, 6.07) is 15.4. The maximum Gasteiger partial charge on any atom is 0.245 e. The number of pyridine rings is 2. The molecule has 5 heterocycles. The van der Waals surface area contributed by atoms with Gasteiger partial charge in [0.1, 0.15) is 11.3 Å². The fourth-order valence-corrected chi connectivity index (χ4v) is 6.70. The summed E-state index contributed by atoms with van der Waals surface area (Å²) in [5, 5.41) is 3.89. The van der Waals surface area contributed by atoms with Gasteiger partial charge in [-0.2, -0.15) is 0 Å². The van der Waals surface area contributed by atoms with Crippen LogP contribution in [0.25, 0.3) is 28.2 Å². The van der Waals surface area contributed by atoms with Crippen LogP contribution >= 0.6 is 0 Å². The molecule has 3 aliphatic rings. The Labute approximate surface area is 251 Å². The van der Waals surface area contributed by atoms with E-state index in [2.05, 4.69) is 56.7 Å². The first-order valence-electron chi connectivity index (χ1n) is 15.3. The summed E-state index contributed by atoms with van der Waals surface area (Å²) in [7, 11) is 0. The van der Waals surface area contributed by atoms with Gasteiger partial charge in [0.05, 0.1) is 24.5 Å². The molecule has 1 aliphatic carbocycles. The van der Waals surface area contributed by atoms with Crippen LogP contribution in [0.1, 0.15) is 42.1 Å². The van der Waals surface area contributed by atoms with Crippen molar-refractivity contribution in [1.29, 1.82) is 0 Å². The molecule has 3 aromatic heterocycles. The molecule has 10 nitrogen and oxygen atoms in total. The lowest BCUT2D eigenvalue weighted by Crippen LogP contribution is -2.45. The molecule has 0 unspecified atom stereocenters. The van der Waals surface area contributed by atoms with Crippen LogP contribution in [0.3, 0.4) is 0 Å². The summed E-state index contributed by atoms with van der Waals surface area (Å²) in [5.41, 5.74) is 13.5. The molecule has 222 valence electrons. The third-order valence-electron chi connectivity index (χ3n) is 9.01. The van der Waals surface area contributed by atoms with E-state index in [1.807, 2.05) is 17.0 Å². The highest BCUT2D eigenvalue weighted by molar-refractivity contribution is 5.87. The highest BCUT2D eigenvalue weighted by Gasteiger charge is 2.29. The molecule has 3 N–H and O–H groups in total. The van der Waals surface area contributed by atoms with Gasteiger partial charge in [0.15, 0.2) is 11.5 Å². The van der Waals surface area contributed by atoms with Crippen LogP contribution in [-0.2, 0) is 22.5 Å². The fourth-order valence-electron chi connectivity index (χ4n) is 6.70. The predicted molar refractivity (Wildman–Crippen MR) is 167 cm³/mol. The first-order chi connectivity index (χ1) is 21.1. The molecule has 1 amide bonds. The number of fused-ring (bicyclic) bond motifs is 2. The van der Waals surface area contributed by atoms with Crippen molar-refractivity contribution in [2.45, 2.75) is 44.3 Å². The van der Waals surface area contributed by atoms with Gasteiger partial charge in [-0.1, -0.05) is 12.6 Å². The maximum absolute atomic E-state index is 12.0. The zero-order valence-electron chi connectivity index (χ0n) is 24.4. The fraction of sp³-hybridized carbons (Fsp3) is 0.394. The second-order valence-electron chi connectivity index (χ2n) is 11.7. The minimum Gasteiger partial charge on any atom is -0.383 e. The number of nitrogen functional groups attached to an aromatic ring is 1. The average Bonchev–Trinajstić information content (AvgIpc) is 3.62. The second-order valence-corrected chi connectivity index (χ2v) is 11.7. The number of nitrogens with one attached hydrogen (secondary N) is 1. The molecule has 0 radical (unpaired) electrons. The zero-order valence-corrected chi connectivity index (χ0v) is 24.4. The minimum absolute atomic E-state index is 0.0272. The molecular weight excluding hydrogens is 540 g/mol. The SMILES string of the molecule is C=CC(=O)N1CCC(N[C@H]2CCc3cc(-n4c(-c5cccnc5N)nc5ccc(CN6CCOCC6)nc54)ccc32)CC1. The number of imidazole rings is 1. The van der Waals surface area contributed by atoms with Crippen molar-refractivity contribution >= 4 is 22.9 Å². The number of amides is 1. The summed E-state index contributed by atoms with van der Waals surface area (Å²) in [5.74, 6) is 1.21. The van der Waals surface area contributed by atoms with Gasteiger partial charge in [0, 0.05) is 56.7 Å². The monoisotopic (exact) mass is 578 g/mol. The number of carbonyl (C=O) groups is 1. The van der Waals surface area contributed by atoms with Crippen molar-refractivity contribution in [3.8, 4) is 17.1 Å². The minimum atomic E-state index is 0.0272. The number of hydrogen-bond donors (Lipinski definition) is 2. The number of nitrogens with two attached hydrogens (primary N) is 1. The average molecular weight is 579 g/mol. The second kappa shape index (κ2) is 11.9. The van der Waals surface area contributed by atoms with E-state index >= 15 is 0 Å². The highest BCUT2D eigenvalue weighted by atomic mass is 16.5. The number of anilines is 1. The van der Waals surface area contributed by atoms with E-state index in [0.29, 0.717) is 17.9 Å². The summed E-state index contributed by atoms with van der Waals surface area (Å²) in [6.07, 6.45) is 7.09. The lowest BCUT2D eigenvalue weighted by Gasteiger charge is -2.33. The number of nitrogens with zero attached hydrogens (tertiary/aromatic N) is 6. The Bertz CT molecular complexity index is 1650. The van der Waals surface area contributed by atoms with Crippen LogP contribution in [-0.4, -0.2) is 80.7 Å². The molecule has 7 rings (SSSR count). The Morgan fingerprint density at radius 3 is 2.70 bits per heavy atom. The lowest BCUT2D eigenvalue weighted by molar-refractivity contribution is -0.127. The number of piperidine rings is 1. The number of aromatic nitrogens is 4. The number of carbonyl (C=O) groups excluding carboxylic acids is 1.